The summed E-state index contributed by atoms with van der Waals surface area (Å²) in [6.07, 6.45) is 6.24. The van der Waals surface area contributed by atoms with E-state index in [0.717, 1.165) is 34.7 Å². The Bertz CT molecular complexity index is 553. The van der Waals surface area contributed by atoms with Gasteiger partial charge in [-0.3, -0.25) is 0 Å². The molecule has 0 radical (unpaired) electrons. The van der Waals surface area contributed by atoms with Crippen LogP contribution in [-0.4, -0.2) is 5.11 Å². The molecule has 0 amide bonds. The summed E-state index contributed by atoms with van der Waals surface area (Å²) in [5.41, 5.74) is 2.26. The lowest BCUT2D eigenvalue weighted by Crippen LogP contribution is -1.95. The summed E-state index contributed by atoms with van der Waals surface area (Å²) in [7, 11) is 0. The first kappa shape index (κ1) is 8.54. The van der Waals surface area contributed by atoms with Gasteiger partial charge in [-0.2, -0.15) is 0 Å². The Morgan fingerprint density at radius 1 is 1.13 bits per heavy atom. The average Bonchev–Trinajstić information content (AvgIpc) is 2.30. The van der Waals surface area contributed by atoms with Gasteiger partial charge in [0.1, 0.15) is 5.75 Å². The number of aromatic hydroxyl groups is 1. The minimum atomic E-state index is 0.465. The van der Waals surface area contributed by atoms with Crippen LogP contribution in [0.1, 0.15) is 17.5 Å². The first-order valence-electron chi connectivity index (χ1n) is 5.26. The Morgan fingerprint density at radius 2 is 2.00 bits per heavy atom. The molecule has 0 atom stereocenters. The van der Waals surface area contributed by atoms with E-state index in [1.807, 2.05) is 24.3 Å². The van der Waals surface area contributed by atoms with Gasteiger partial charge in [0.2, 0.25) is 0 Å². The third-order valence-electron chi connectivity index (χ3n) is 3.02. The Hall–Kier alpha value is -1.76. The maximum absolute atomic E-state index is 10.2. The highest BCUT2D eigenvalue weighted by molar-refractivity contribution is 5.92. The summed E-state index contributed by atoms with van der Waals surface area (Å²) in [6, 6.07) is 10.1. The fraction of sp³-hybridized carbons (Fsp3) is 0.143. The molecular weight excluding hydrogens is 184 g/mol. The first-order valence-corrected chi connectivity index (χ1v) is 5.26. The molecule has 0 bridgehead atoms. The summed E-state index contributed by atoms with van der Waals surface area (Å²) < 4.78 is 0. The minimum Gasteiger partial charge on any atom is -0.507 e. The predicted molar refractivity (Wildman–Crippen MR) is 63.0 cm³/mol. The van der Waals surface area contributed by atoms with Gasteiger partial charge in [-0.05, 0) is 29.9 Å². The topological polar surface area (TPSA) is 20.2 Å². The Balaban J connectivity index is 2.42. The van der Waals surface area contributed by atoms with Gasteiger partial charge in [-0.15, -0.1) is 0 Å². The molecule has 2 aromatic carbocycles. The zero-order valence-electron chi connectivity index (χ0n) is 8.40. The number of fused-ring (bicyclic) bond motifs is 2. The number of phenolic OH excluding ortho intramolecular Hbond substituents is 1. The molecule has 0 saturated heterocycles. The van der Waals surface area contributed by atoms with Crippen molar-refractivity contribution >= 4 is 16.8 Å². The van der Waals surface area contributed by atoms with Crippen molar-refractivity contribution in [2.75, 3.05) is 0 Å². The summed E-state index contributed by atoms with van der Waals surface area (Å²) in [5, 5.41) is 12.2. The van der Waals surface area contributed by atoms with Crippen LogP contribution in [0.25, 0.3) is 16.8 Å². The van der Waals surface area contributed by atoms with E-state index in [1.54, 1.807) is 0 Å². The molecule has 3 rings (SSSR count). The van der Waals surface area contributed by atoms with E-state index in [0.29, 0.717) is 5.75 Å². The van der Waals surface area contributed by atoms with Crippen molar-refractivity contribution < 1.29 is 5.11 Å². The highest BCUT2D eigenvalue weighted by Crippen LogP contribution is 2.34. The van der Waals surface area contributed by atoms with Crippen molar-refractivity contribution in [2.45, 2.75) is 12.8 Å². The summed E-state index contributed by atoms with van der Waals surface area (Å²) in [5.74, 6) is 0.465. The second-order valence-electron chi connectivity index (χ2n) is 3.96. The van der Waals surface area contributed by atoms with Crippen LogP contribution in [0.15, 0.2) is 36.4 Å². The maximum atomic E-state index is 10.2. The van der Waals surface area contributed by atoms with E-state index in [9.17, 15) is 5.11 Å². The smallest absolute Gasteiger partial charge is 0.127 e. The van der Waals surface area contributed by atoms with Crippen LogP contribution >= 0.6 is 0 Å². The van der Waals surface area contributed by atoms with Gasteiger partial charge in [0, 0.05) is 10.9 Å². The second-order valence-corrected chi connectivity index (χ2v) is 3.96. The highest BCUT2D eigenvalue weighted by atomic mass is 16.3. The van der Waals surface area contributed by atoms with Gasteiger partial charge < -0.3 is 5.11 Å². The second kappa shape index (κ2) is 3.13. The number of hydrogen-bond acceptors (Lipinski definition) is 1. The number of benzene rings is 2. The number of allylic oxidation sites excluding steroid dienone is 1. The quantitative estimate of drug-likeness (QED) is 0.683. The average molecular weight is 196 g/mol. The minimum absolute atomic E-state index is 0.465. The van der Waals surface area contributed by atoms with Crippen LogP contribution in [0.3, 0.4) is 0 Å². The molecule has 2 aromatic rings. The third-order valence-corrected chi connectivity index (χ3v) is 3.02. The lowest BCUT2D eigenvalue weighted by atomic mass is 9.93. The lowest BCUT2D eigenvalue weighted by molar-refractivity contribution is 0.474. The Labute approximate surface area is 88.7 Å². The van der Waals surface area contributed by atoms with E-state index in [-0.39, 0.29) is 0 Å². The van der Waals surface area contributed by atoms with Crippen molar-refractivity contribution in [3.8, 4) is 5.75 Å². The van der Waals surface area contributed by atoms with Gasteiger partial charge in [0.05, 0.1) is 0 Å². The molecule has 1 nitrogen and oxygen atoms in total. The molecule has 1 heteroatoms. The van der Waals surface area contributed by atoms with Crippen molar-refractivity contribution in [1.82, 2.24) is 0 Å². The highest BCUT2D eigenvalue weighted by Gasteiger charge is 2.12. The first-order chi connectivity index (χ1) is 7.36. The Morgan fingerprint density at radius 3 is 2.93 bits per heavy atom. The molecule has 0 spiro atoms. The molecule has 15 heavy (non-hydrogen) atoms. The van der Waals surface area contributed by atoms with E-state index in [2.05, 4.69) is 18.2 Å². The van der Waals surface area contributed by atoms with E-state index >= 15 is 0 Å². The fourth-order valence-electron chi connectivity index (χ4n) is 2.24. The summed E-state index contributed by atoms with van der Waals surface area (Å²) in [6.45, 7) is 0. The van der Waals surface area contributed by atoms with Crippen LogP contribution < -0.4 is 0 Å². The van der Waals surface area contributed by atoms with E-state index in [1.165, 1.54) is 0 Å². The molecule has 0 aliphatic heterocycles. The van der Waals surface area contributed by atoms with Gasteiger partial charge >= 0.3 is 0 Å². The molecule has 74 valence electrons. The van der Waals surface area contributed by atoms with Crippen molar-refractivity contribution in [1.29, 1.82) is 0 Å². The molecule has 0 heterocycles. The molecule has 0 saturated carbocycles. The predicted octanol–water partition coefficient (Wildman–Crippen LogP) is 3.50. The standard InChI is InChI=1S/C14H12O/c15-14-12-7-3-1-5-10(12)9-11-6-2-4-8-13(11)14/h1-3,5-7,9,15H,4,8H2. The molecule has 1 aliphatic rings. The number of rotatable bonds is 0. The molecule has 0 fully saturated rings. The molecule has 0 aromatic heterocycles. The monoisotopic (exact) mass is 196 g/mol. The van der Waals surface area contributed by atoms with Crippen molar-refractivity contribution in [2.24, 2.45) is 0 Å². The zero-order chi connectivity index (χ0) is 10.3. The van der Waals surface area contributed by atoms with Gasteiger partial charge in [-0.25, -0.2) is 0 Å². The van der Waals surface area contributed by atoms with Crippen LogP contribution in [0.4, 0.5) is 0 Å². The van der Waals surface area contributed by atoms with E-state index < -0.39 is 0 Å². The normalized spacial score (nSPS) is 14.1. The van der Waals surface area contributed by atoms with E-state index in [4.69, 9.17) is 0 Å². The molecule has 0 unspecified atom stereocenters. The zero-order valence-corrected chi connectivity index (χ0v) is 8.40. The molecule has 1 aliphatic carbocycles. The van der Waals surface area contributed by atoms with Crippen LogP contribution in [0.5, 0.6) is 5.75 Å². The SMILES string of the molecule is Oc1c2c(cc3ccccc13)C=CCC2. The maximum Gasteiger partial charge on any atom is 0.127 e. The van der Waals surface area contributed by atoms with Crippen LogP contribution in [0.2, 0.25) is 0 Å². The van der Waals surface area contributed by atoms with Crippen LogP contribution in [0, 0.1) is 0 Å². The fourth-order valence-corrected chi connectivity index (χ4v) is 2.24. The largest absolute Gasteiger partial charge is 0.507 e. The van der Waals surface area contributed by atoms with Gasteiger partial charge in [0.15, 0.2) is 0 Å². The van der Waals surface area contributed by atoms with Crippen LogP contribution in [-0.2, 0) is 6.42 Å². The van der Waals surface area contributed by atoms with Gasteiger partial charge in [0.25, 0.3) is 0 Å². The van der Waals surface area contributed by atoms with Crippen molar-refractivity contribution in [3.63, 3.8) is 0 Å². The summed E-state index contributed by atoms with van der Waals surface area (Å²) in [4.78, 5) is 0. The Kier molecular flexibility index (Phi) is 1.78. The number of hydrogen-bond donors (Lipinski definition) is 1. The number of phenols is 1. The lowest BCUT2D eigenvalue weighted by Gasteiger charge is -2.14. The summed E-state index contributed by atoms with van der Waals surface area (Å²) >= 11 is 0. The molecule has 1 N–H and O–H groups in total. The van der Waals surface area contributed by atoms with Gasteiger partial charge in [-0.1, -0.05) is 36.4 Å². The third kappa shape index (κ3) is 1.23. The van der Waals surface area contributed by atoms with Crippen molar-refractivity contribution in [3.05, 3.63) is 47.5 Å². The molecular formula is C14H12O.